The van der Waals surface area contributed by atoms with Gasteiger partial charge in [0.2, 0.25) is 0 Å². The van der Waals surface area contributed by atoms with Crippen LogP contribution in [0, 0.1) is 0 Å². The molecule has 0 heterocycles. The molecular weight excluding hydrogens is 1290 g/mol. The summed E-state index contributed by atoms with van der Waals surface area (Å²) in [6, 6.07) is 0. The van der Waals surface area contributed by atoms with Crippen molar-refractivity contribution in [2.24, 2.45) is 0 Å². The van der Waals surface area contributed by atoms with Crippen LogP contribution >= 0.6 is 0 Å². The van der Waals surface area contributed by atoms with E-state index in [2.05, 4.69) is 37.5 Å². The van der Waals surface area contributed by atoms with E-state index in [0.29, 0.717) is 0 Å². The zero-order valence-corrected chi connectivity index (χ0v) is 74.1. The molecular formula is C96H192CaN2O4. The van der Waals surface area contributed by atoms with Gasteiger partial charge in [-0.15, -0.1) is 0 Å². The average Bonchev–Trinajstić information content (AvgIpc) is 1.48. The summed E-state index contributed by atoms with van der Waals surface area (Å²) in [7, 11) is 0. The van der Waals surface area contributed by atoms with E-state index in [1.54, 1.807) is 0 Å². The summed E-state index contributed by atoms with van der Waals surface area (Å²) in [6.45, 7) is 13.1. The molecule has 0 aliphatic carbocycles. The summed E-state index contributed by atoms with van der Waals surface area (Å²) in [5, 5.41) is 22.6. The number of carbonyl (C=O) groups excluding carboxylic acids is 2. The Bertz CT molecular complexity index is 1300. The van der Waals surface area contributed by atoms with Gasteiger partial charge in [-0.2, -0.15) is 0 Å². The van der Waals surface area contributed by atoms with Crippen LogP contribution in [0.25, 0.3) is 0 Å². The molecule has 0 spiro atoms. The molecule has 0 saturated heterocycles. The largest absolute Gasteiger partial charge is 2.00 e. The van der Waals surface area contributed by atoms with Gasteiger partial charge in [0.25, 0.3) is 0 Å². The monoisotopic (exact) mass is 1480 g/mol. The van der Waals surface area contributed by atoms with Crippen LogP contribution in [0.15, 0.2) is 0 Å². The Hall–Kier alpha value is 0.120. The summed E-state index contributed by atoms with van der Waals surface area (Å²) in [5.41, 5.74) is 0. The molecule has 0 aromatic carbocycles. The molecule has 0 unspecified atom stereocenters. The van der Waals surface area contributed by atoms with Gasteiger partial charge in [-0.3, -0.25) is 9.80 Å². The third-order valence-electron chi connectivity index (χ3n) is 23.0. The van der Waals surface area contributed by atoms with Gasteiger partial charge >= 0.3 is 37.7 Å². The predicted octanol–water partition coefficient (Wildman–Crippen LogP) is 30.5. The average molecular weight is 1480 g/mol. The summed E-state index contributed by atoms with van der Waals surface area (Å²) in [5.74, 6) is -1.83. The zero-order chi connectivity index (χ0) is 73.9. The van der Waals surface area contributed by atoms with Crippen LogP contribution in [-0.4, -0.2) is 98.7 Å². The van der Waals surface area contributed by atoms with Crippen molar-refractivity contribution >= 4 is 49.7 Å². The van der Waals surface area contributed by atoms with Gasteiger partial charge in [0.15, 0.2) is 0 Å². The number of carboxylic acids is 2. The van der Waals surface area contributed by atoms with Crippen molar-refractivity contribution in [2.75, 3.05) is 39.3 Å². The fraction of sp³-hybridized carbons (Fsp3) is 0.979. The van der Waals surface area contributed by atoms with Gasteiger partial charge < -0.3 is 19.8 Å². The van der Waals surface area contributed by atoms with Crippen molar-refractivity contribution in [1.29, 1.82) is 0 Å². The maximum atomic E-state index is 11.3. The van der Waals surface area contributed by atoms with Crippen LogP contribution in [0.1, 0.15) is 567 Å². The summed E-state index contributed by atoms with van der Waals surface area (Å²) in [6.07, 6.45) is 118. The van der Waals surface area contributed by atoms with Crippen molar-refractivity contribution in [3.8, 4) is 0 Å². The Morgan fingerprint density at radius 1 is 0.155 bits per heavy atom. The van der Waals surface area contributed by atoms with Crippen LogP contribution in [0.4, 0.5) is 0 Å². The zero-order valence-electron chi connectivity index (χ0n) is 71.9. The van der Waals surface area contributed by atoms with Crippen LogP contribution in [0.3, 0.4) is 0 Å². The minimum atomic E-state index is -0.915. The van der Waals surface area contributed by atoms with E-state index >= 15 is 0 Å². The van der Waals surface area contributed by atoms with E-state index in [-0.39, 0.29) is 50.8 Å². The standard InChI is InChI=1S/2C48H97NO2.Ca/c2*1-3-5-7-9-11-13-15-17-19-21-23-25-27-29-31-33-35-37-39-41-43-45-49(47-48(50)51)46-44-42-40-38-36-34-32-30-28-26-24-22-20-18-16-14-12-10-8-6-4-2;/h2*3-47H2,1-2H3,(H,50,51);/q;;+2/p-2. The fourth-order valence-electron chi connectivity index (χ4n) is 16.0. The molecule has 0 fully saturated rings. The first kappa shape index (κ1) is 107. The molecule has 103 heavy (non-hydrogen) atoms. The Labute approximate surface area is 680 Å². The normalized spacial score (nSPS) is 11.6. The molecule has 0 aliphatic rings. The van der Waals surface area contributed by atoms with E-state index < -0.39 is 11.9 Å². The molecule has 0 aliphatic heterocycles. The van der Waals surface area contributed by atoms with Crippen molar-refractivity contribution in [3.63, 3.8) is 0 Å². The molecule has 0 atom stereocenters. The number of carboxylic acid groups (broad SMARTS) is 2. The van der Waals surface area contributed by atoms with Crippen molar-refractivity contribution < 1.29 is 19.8 Å². The van der Waals surface area contributed by atoms with Gasteiger partial charge in [-0.25, -0.2) is 0 Å². The first-order valence-corrected chi connectivity index (χ1v) is 48.2. The second kappa shape index (κ2) is 100. The molecule has 0 aromatic rings. The molecule has 0 N–H and O–H groups in total. The third kappa shape index (κ3) is 102. The van der Waals surface area contributed by atoms with E-state index in [9.17, 15) is 19.8 Å². The second-order valence-corrected chi connectivity index (χ2v) is 33.6. The molecule has 0 bridgehead atoms. The quantitative estimate of drug-likeness (QED) is 0.0445. The van der Waals surface area contributed by atoms with E-state index in [0.717, 1.165) is 51.9 Å². The number of nitrogens with zero attached hydrogens (tertiary/aromatic N) is 2. The molecule has 612 valence electrons. The topological polar surface area (TPSA) is 86.7 Å². The number of rotatable bonds is 92. The molecule has 0 saturated carbocycles. The fourth-order valence-corrected chi connectivity index (χ4v) is 16.0. The van der Waals surface area contributed by atoms with Crippen molar-refractivity contribution in [2.45, 2.75) is 567 Å². The second-order valence-electron chi connectivity index (χ2n) is 33.6. The number of unbranched alkanes of at least 4 members (excludes halogenated alkanes) is 80. The van der Waals surface area contributed by atoms with Gasteiger partial charge in [0, 0.05) is 13.1 Å². The Balaban J connectivity index is -0.00000192. The third-order valence-corrected chi connectivity index (χ3v) is 23.0. The molecule has 0 rings (SSSR count). The summed E-state index contributed by atoms with van der Waals surface area (Å²) < 4.78 is 0. The van der Waals surface area contributed by atoms with Crippen molar-refractivity contribution in [3.05, 3.63) is 0 Å². The Morgan fingerprint density at radius 3 is 0.311 bits per heavy atom. The molecule has 7 heteroatoms. The van der Waals surface area contributed by atoms with Gasteiger partial charge in [-0.1, -0.05) is 541 Å². The minimum Gasteiger partial charge on any atom is -0.549 e. The molecule has 0 aromatic heterocycles. The van der Waals surface area contributed by atoms with Gasteiger partial charge in [-0.05, 0) is 51.9 Å². The van der Waals surface area contributed by atoms with E-state index in [1.165, 1.54) is 514 Å². The number of hydrogen-bond acceptors (Lipinski definition) is 6. The molecule has 0 amide bonds. The first-order chi connectivity index (χ1) is 50.4. The summed E-state index contributed by atoms with van der Waals surface area (Å²) >= 11 is 0. The number of carbonyl (C=O) groups is 2. The van der Waals surface area contributed by atoms with E-state index in [4.69, 9.17) is 0 Å². The maximum Gasteiger partial charge on any atom is 2.00 e. The van der Waals surface area contributed by atoms with Crippen LogP contribution in [-0.2, 0) is 9.59 Å². The predicted molar refractivity (Wildman–Crippen MR) is 459 cm³/mol. The van der Waals surface area contributed by atoms with Crippen LogP contribution in [0.2, 0.25) is 0 Å². The van der Waals surface area contributed by atoms with Crippen molar-refractivity contribution in [1.82, 2.24) is 9.80 Å². The van der Waals surface area contributed by atoms with Crippen LogP contribution < -0.4 is 10.2 Å². The number of hydrogen-bond donors (Lipinski definition) is 0. The molecule has 0 radical (unpaired) electrons. The Morgan fingerprint density at radius 2 is 0.233 bits per heavy atom. The first-order valence-electron chi connectivity index (χ1n) is 48.2. The van der Waals surface area contributed by atoms with Crippen LogP contribution in [0.5, 0.6) is 0 Å². The van der Waals surface area contributed by atoms with Gasteiger partial charge in [0.05, 0.1) is 11.9 Å². The minimum absolute atomic E-state index is 0. The number of aliphatic carboxylic acids is 2. The smallest absolute Gasteiger partial charge is 0.549 e. The Kier molecular flexibility index (Phi) is 104. The summed E-state index contributed by atoms with van der Waals surface area (Å²) in [4.78, 5) is 26.9. The molecule has 6 nitrogen and oxygen atoms in total. The van der Waals surface area contributed by atoms with E-state index in [1.807, 2.05) is 0 Å². The maximum absolute atomic E-state index is 11.3. The van der Waals surface area contributed by atoms with Gasteiger partial charge in [0.1, 0.15) is 0 Å². The SMILES string of the molecule is CCCCCCCCCCCCCCCCCCCCCCCN(CCCCCCCCCCCCCCCCCCCCCCC)CC(=O)[O-].CCCCCCCCCCCCCCCCCCCCCCCN(CCCCCCCCCCCCCCCCCCCCCCC)CC(=O)[O-].[Ca+2].